The first kappa shape index (κ1) is 17.7. The minimum Gasteiger partial charge on any atom is -0.342 e. The molecular formula is C22H28N2O. The second kappa shape index (κ2) is 7.38. The number of nitrogens with zero attached hydrogens (tertiary/aromatic N) is 1. The average Bonchev–Trinajstić information content (AvgIpc) is 2.62. The average molecular weight is 336 g/mol. The summed E-state index contributed by atoms with van der Waals surface area (Å²) in [6, 6.07) is 12.1. The SMILES string of the molecule is Cc1cccc(C2CCCCC2)c1C(=O)NC(C)(C)c1ccccn1. The number of aryl methyl sites for hydroxylation is 1. The van der Waals surface area contributed by atoms with Crippen molar-refractivity contribution < 1.29 is 4.79 Å². The summed E-state index contributed by atoms with van der Waals surface area (Å²) in [5.41, 5.74) is 3.49. The van der Waals surface area contributed by atoms with E-state index in [-0.39, 0.29) is 5.91 Å². The second-order valence-electron chi connectivity index (χ2n) is 7.67. The smallest absolute Gasteiger partial charge is 0.252 e. The van der Waals surface area contributed by atoms with Crippen molar-refractivity contribution in [2.24, 2.45) is 0 Å². The molecule has 1 aromatic carbocycles. The van der Waals surface area contributed by atoms with Crippen molar-refractivity contribution in [3.63, 3.8) is 0 Å². The molecule has 1 N–H and O–H groups in total. The highest BCUT2D eigenvalue weighted by Gasteiger charge is 2.28. The lowest BCUT2D eigenvalue weighted by Gasteiger charge is -2.29. The van der Waals surface area contributed by atoms with Crippen molar-refractivity contribution in [1.29, 1.82) is 0 Å². The van der Waals surface area contributed by atoms with Gasteiger partial charge in [-0.2, -0.15) is 0 Å². The molecule has 3 heteroatoms. The highest BCUT2D eigenvalue weighted by molar-refractivity contribution is 5.97. The van der Waals surface area contributed by atoms with Gasteiger partial charge in [-0.1, -0.05) is 43.5 Å². The first-order chi connectivity index (χ1) is 12.0. The molecule has 0 spiro atoms. The fourth-order valence-electron chi connectivity index (χ4n) is 3.90. The second-order valence-corrected chi connectivity index (χ2v) is 7.67. The molecule has 1 fully saturated rings. The fourth-order valence-corrected chi connectivity index (χ4v) is 3.90. The summed E-state index contributed by atoms with van der Waals surface area (Å²) in [5.74, 6) is 0.515. The topological polar surface area (TPSA) is 42.0 Å². The quantitative estimate of drug-likeness (QED) is 0.843. The van der Waals surface area contributed by atoms with Crippen molar-refractivity contribution in [2.75, 3.05) is 0 Å². The van der Waals surface area contributed by atoms with Gasteiger partial charge in [0.15, 0.2) is 0 Å². The molecule has 3 rings (SSSR count). The molecule has 0 aliphatic heterocycles. The molecule has 2 aromatic rings. The van der Waals surface area contributed by atoms with Gasteiger partial charge in [0.2, 0.25) is 0 Å². The van der Waals surface area contributed by atoms with Gasteiger partial charge in [0.1, 0.15) is 0 Å². The number of nitrogens with one attached hydrogen (secondary N) is 1. The first-order valence-electron chi connectivity index (χ1n) is 9.32. The van der Waals surface area contributed by atoms with Crippen LogP contribution in [0.2, 0.25) is 0 Å². The van der Waals surface area contributed by atoms with E-state index in [4.69, 9.17) is 0 Å². The van der Waals surface area contributed by atoms with Gasteiger partial charge in [-0.15, -0.1) is 0 Å². The van der Waals surface area contributed by atoms with Crippen LogP contribution in [0.4, 0.5) is 0 Å². The normalized spacial score (nSPS) is 15.8. The summed E-state index contributed by atoms with van der Waals surface area (Å²) in [6.07, 6.45) is 7.99. The van der Waals surface area contributed by atoms with Crippen LogP contribution >= 0.6 is 0 Å². The maximum Gasteiger partial charge on any atom is 0.252 e. The molecule has 1 aromatic heterocycles. The van der Waals surface area contributed by atoms with Crippen LogP contribution in [0.5, 0.6) is 0 Å². The summed E-state index contributed by atoms with van der Waals surface area (Å²) in [5, 5.41) is 3.21. The Morgan fingerprint density at radius 1 is 1.08 bits per heavy atom. The van der Waals surface area contributed by atoms with Gasteiger partial charge in [0.25, 0.3) is 5.91 Å². The number of hydrogen-bond acceptors (Lipinski definition) is 2. The van der Waals surface area contributed by atoms with E-state index in [2.05, 4.69) is 22.4 Å². The number of aromatic nitrogens is 1. The molecule has 1 aliphatic rings. The predicted molar refractivity (Wildman–Crippen MR) is 102 cm³/mol. The number of carbonyl (C=O) groups excluding carboxylic acids is 1. The maximum absolute atomic E-state index is 13.2. The minimum absolute atomic E-state index is 0.00864. The zero-order valence-corrected chi connectivity index (χ0v) is 15.5. The molecule has 0 atom stereocenters. The number of rotatable bonds is 4. The lowest BCUT2D eigenvalue weighted by Crippen LogP contribution is -2.42. The first-order valence-corrected chi connectivity index (χ1v) is 9.32. The van der Waals surface area contributed by atoms with Crippen LogP contribution in [0.25, 0.3) is 0 Å². The molecule has 1 amide bonds. The molecule has 0 radical (unpaired) electrons. The van der Waals surface area contributed by atoms with Crippen LogP contribution < -0.4 is 5.32 Å². The van der Waals surface area contributed by atoms with Crippen molar-refractivity contribution >= 4 is 5.91 Å². The lowest BCUT2D eigenvalue weighted by atomic mass is 9.81. The van der Waals surface area contributed by atoms with E-state index >= 15 is 0 Å². The monoisotopic (exact) mass is 336 g/mol. The Labute approximate surface area is 150 Å². The van der Waals surface area contributed by atoms with Crippen LogP contribution in [0.1, 0.15) is 79.0 Å². The Bertz CT molecular complexity index is 731. The van der Waals surface area contributed by atoms with Gasteiger partial charge in [0.05, 0.1) is 11.2 Å². The van der Waals surface area contributed by atoms with Crippen LogP contribution in [0.3, 0.4) is 0 Å². The van der Waals surface area contributed by atoms with E-state index in [0.29, 0.717) is 5.92 Å². The Kier molecular flexibility index (Phi) is 5.22. The van der Waals surface area contributed by atoms with Gasteiger partial charge in [0, 0.05) is 11.8 Å². The summed E-state index contributed by atoms with van der Waals surface area (Å²) in [6.45, 7) is 6.05. The fraction of sp³-hybridized carbons (Fsp3) is 0.455. The van der Waals surface area contributed by atoms with E-state index in [9.17, 15) is 4.79 Å². The molecule has 3 nitrogen and oxygen atoms in total. The van der Waals surface area contributed by atoms with Crippen LogP contribution in [0, 0.1) is 6.92 Å². The Morgan fingerprint density at radius 3 is 2.52 bits per heavy atom. The Hall–Kier alpha value is -2.16. The number of pyridine rings is 1. The molecule has 1 aliphatic carbocycles. The molecule has 1 heterocycles. The van der Waals surface area contributed by atoms with Crippen molar-refractivity contribution in [3.05, 3.63) is 65.0 Å². The van der Waals surface area contributed by atoms with Crippen molar-refractivity contribution in [1.82, 2.24) is 10.3 Å². The van der Waals surface area contributed by atoms with E-state index in [0.717, 1.165) is 16.8 Å². The third kappa shape index (κ3) is 3.92. The third-order valence-electron chi connectivity index (χ3n) is 5.31. The summed E-state index contributed by atoms with van der Waals surface area (Å²) in [4.78, 5) is 17.6. The van der Waals surface area contributed by atoms with Gasteiger partial charge in [-0.25, -0.2) is 0 Å². The predicted octanol–water partition coefficient (Wildman–Crippen LogP) is 5.10. The largest absolute Gasteiger partial charge is 0.342 e. The third-order valence-corrected chi connectivity index (χ3v) is 5.31. The Morgan fingerprint density at radius 2 is 1.84 bits per heavy atom. The van der Waals surface area contributed by atoms with E-state index in [1.54, 1.807) is 6.20 Å². The molecule has 25 heavy (non-hydrogen) atoms. The van der Waals surface area contributed by atoms with Crippen molar-refractivity contribution in [2.45, 2.75) is 64.3 Å². The van der Waals surface area contributed by atoms with Gasteiger partial charge >= 0.3 is 0 Å². The molecule has 0 saturated heterocycles. The van der Waals surface area contributed by atoms with Crippen LogP contribution in [-0.4, -0.2) is 10.9 Å². The van der Waals surface area contributed by atoms with Gasteiger partial charge in [-0.05, 0) is 62.8 Å². The summed E-state index contributed by atoms with van der Waals surface area (Å²) >= 11 is 0. The van der Waals surface area contributed by atoms with Crippen molar-refractivity contribution in [3.8, 4) is 0 Å². The van der Waals surface area contributed by atoms with E-state index in [1.807, 2.05) is 45.0 Å². The van der Waals surface area contributed by atoms with Gasteiger partial charge in [-0.3, -0.25) is 9.78 Å². The molecule has 1 saturated carbocycles. The number of carbonyl (C=O) groups is 1. The molecule has 0 unspecified atom stereocenters. The molecular weight excluding hydrogens is 308 g/mol. The lowest BCUT2D eigenvalue weighted by molar-refractivity contribution is 0.0908. The molecule has 132 valence electrons. The highest BCUT2D eigenvalue weighted by atomic mass is 16.1. The highest BCUT2D eigenvalue weighted by Crippen LogP contribution is 2.35. The van der Waals surface area contributed by atoms with Crippen LogP contribution in [-0.2, 0) is 5.54 Å². The number of hydrogen-bond donors (Lipinski definition) is 1. The zero-order chi connectivity index (χ0) is 17.9. The van der Waals surface area contributed by atoms with E-state index in [1.165, 1.54) is 37.7 Å². The minimum atomic E-state index is -0.509. The Balaban J connectivity index is 1.89. The maximum atomic E-state index is 13.2. The van der Waals surface area contributed by atoms with Crippen LogP contribution in [0.15, 0.2) is 42.6 Å². The van der Waals surface area contributed by atoms with Gasteiger partial charge < -0.3 is 5.32 Å². The van der Waals surface area contributed by atoms with E-state index < -0.39 is 5.54 Å². The molecule has 0 bridgehead atoms. The zero-order valence-electron chi connectivity index (χ0n) is 15.5. The summed E-state index contributed by atoms with van der Waals surface area (Å²) < 4.78 is 0. The number of benzene rings is 1. The summed E-state index contributed by atoms with van der Waals surface area (Å²) in [7, 11) is 0. The standard InChI is InChI=1S/C22H28N2O/c1-16-10-9-13-18(17-11-5-4-6-12-17)20(16)21(25)24-22(2,3)19-14-7-8-15-23-19/h7-10,13-15,17H,4-6,11-12H2,1-3H3,(H,24,25). The number of amides is 1.